The van der Waals surface area contributed by atoms with E-state index in [4.69, 9.17) is 4.74 Å². The Morgan fingerprint density at radius 2 is 2.25 bits per heavy atom. The second kappa shape index (κ2) is 6.36. The van der Waals surface area contributed by atoms with Gasteiger partial charge in [0.1, 0.15) is 6.04 Å². The van der Waals surface area contributed by atoms with Crippen molar-refractivity contribution in [1.29, 1.82) is 0 Å². The van der Waals surface area contributed by atoms with Crippen LogP contribution in [0.15, 0.2) is 0 Å². The minimum absolute atomic E-state index is 0.0290. The van der Waals surface area contributed by atoms with Gasteiger partial charge >= 0.3 is 6.01 Å². The van der Waals surface area contributed by atoms with Gasteiger partial charge in [0.25, 0.3) is 0 Å². The zero-order valence-electron chi connectivity index (χ0n) is 12.0. The molecule has 0 radical (unpaired) electrons. The number of ether oxygens (including phenoxy) is 1. The molecule has 1 atom stereocenters. The summed E-state index contributed by atoms with van der Waals surface area (Å²) in [6, 6.07) is -0.0331. The van der Waals surface area contributed by atoms with E-state index in [1.807, 2.05) is 18.7 Å². The number of piperazine rings is 1. The van der Waals surface area contributed by atoms with Gasteiger partial charge in [-0.05, 0) is 13.3 Å². The molecule has 1 fully saturated rings. The molecule has 1 amide bonds. The SMILES string of the molecule is CCCOc1nc(NC)nc(N2CCNC(=O)C2C)n1. The van der Waals surface area contributed by atoms with Crippen LogP contribution in [0.2, 0.25) is 0 Å². The van der Waals surface area contributed by atoms with Crippen LogP contribution in [0.3, 0.4) is 0 Å². The predicted octanol–water partition coefficient (Wildman–Crippen LogP) is 0.0268. The molecule has 1 aliphatic heterocycles. The zero-order valence-corrected chi connectivity index (χ0v) is 12.0. The molecule has 0 aromatic carbocycles. The van der Waals surface area contributed by atoms with Crippen LogP contribution in [-0.2, 0) is 4.79 Å². The maximum atomic E-state index is 11.7. The molecule has 2 N–H and O–H groups in total. The summed E-state index contributed by atoms with van der Waals surface area (Å²) in [6.07, 6.45) is 0.873. The summed E-state index contributed by atoms with van der Waals surface area (Å²) in [4.78, 5) is 26.3. The lowest BCUT2D eigenvalue weighted by Gasteiger charge is -2.32. The van der Waals surface area contributed by atoms with Crippen molar-refractivity contribution in [3.8, 4) is 6.01 Å². The number of hydrogen-bond donors (Lipinski definition) is 2. The van der Waals surface area contributed by atoms with Crippen LogP contribution in [0.1, 0.15) is 20.3 Å². The number of amides is 1. The van der Waals surface area contributed by atoms with E-state index in [0.717, 1.165) is 6.42 Å². The van der Waals surface area contributed by atoms with Crippen molar-refractivity contribution >= 4 is 17.8 Å². The molecular weight excluding hydrogens is 260 g/mol. The first kappa shape index (κ1) is 14.3. The largest absolute Gasteiger partial charge is 0.463 e. The molecule has 2 heterocycles. The van der Waals surface area contributed by atoms with E-state index >= 15 is 0 Å². The average molecular weight is 280 g/mol. The third-order valence-corrected chi connectivity index (χ3v) is 3.02. The number of carbonyl (C=O) groups is 1. The molecule has 1 saturated heterocycles. The monoisotopic (exact) mass is 280 g/mol. The van der Waals surface area contributed by atoms with Gasteiger partial charge in [-0.25, -0.2) is 0 Å². The fraction of sp³-hybridized carbons (Fsp3) is 0.667. The molecule has 0 bridgehead atoms. The number of hydrogen-bond acceptors (Lipinski definition) is 7. The van der Waals surface area contributed by atoms with Gasteiger partial charge in [0, 0.05) is 20.1 Å². The minimum atomic E-state index is -0.310. The van der Waals surface area contributed by atoms with Crippen molar-refractivity contribution in [3.05, 3.63) is 0 Å². The van der Waals surface area contributed by atoms with Crippen molar-refractivity contribution in [3.63, 3.8) is 0 Å². The minimum Gasteiger partial charge on any atom is -0.463 e. The van der Waals surface area contributed by atoms with Crippen LogP contribution in [-0.4, -0.2) is 53.6 Å². The van der Waals surface area contributed by atoms with E-state index in [0.29, 0.717) is 31.6 Å². The third kappa shape index (κ3) is 3.06. The lowest BCUT2D eigenvalue weighted by molar-refractivity contribution is -0.122. The lowest BCUT2D eigenvalue weighted by atomic mass is 10.2. The first-order valence-corrected chi connectivity index (χ1v) is 6.76. The summed E-state index contributed by atoms with van der Waals surface area (Å²) in [5, 5.41) is 5.69. The molecule has 20 heavy (non-hydrogen) atoms. The molecule has 8 nitrogen and oxygen atoms in total. The Bertz CT molecular complexity index is 481. The molecule has 0 aliphatic carbocycles. The second-order valence-electron chi connectivity index (χ2n) is 4.50. The van der Waals surface area contributed by atoms with Gasteiger partial charge in [-0.2, -0.15) is 15.0 Å². The highest BCUT2D eigenvalue weighted by Gasteiger charge is 2.28. The topological polar surface area (TPSA) is 92.3 Å². The summed E-state index contributed by atoms with van der Waals surface area (Å²) in [6.45, 7) is 5.62. The molecule has 110 valence electrons. The van der Waals surface area contributed by atoms with Gasteiger partial charge < -0.3 is 20.3 Å². The first-order valence-electron chi connectivity index (χ1n) is 6.76. The predicted molar refractivity (Wildman–Crippen MR) is 75.0 cm³/mol. The van der Waals surface area contributed by atoms with E-state index in [9.17, 15) is 4.79 Å². The van der Waals surface area contributed by atoms with E-state index < -0.39 is 0 Å². The highest BCUT2D eigenvalue weighted by molar-refractivity contribution is 5.85. The molecule has 0 spiro atoms. The fourth-order valence-electron chi connectivity index (χ4n) is 1.90. The first-order chi connectivity index (χ1) is 9.65. The molecule has 0 saturated carbocycles. The fourth-order valence-corrected chi connectivity index (χ4v) is 1.90. The Kier molecular flexibility index (Phi) is 4.54. The normalized spacial score (nSPS) is 18.6. The van der Waals surface area contributed by atoms with Crippen LogP contribution in [0.25, 0.3) is 0 Å². The number of nitrogens with one attached hydrogen (secondary N) is 2. The Morgan fingerprint density at radius 3 is 2.95 bits per heavy atom. The highest BCUT2D eigenvalue weighted by atomic mass is 16.5. The standard InChI is InChI=1S/C12H20N6O2/c1-4-7-20-12-16-10(13-3)15-11(17-12)18-6-5-14-9(19)8(18)2/h8H,4-7H2,1-3H3,(H,14,19)(H,13,15,16,17). The maximum absolute atomic E-state index is 11.7. The van der Waals surface area contributed by atoms with Crippen molar-refractivity contribution in [2.75, 3.05) is 37.0 Å². The van der Waals surface area contributed by atoms with Crippen LogP contribution in [0, 0.1) is 0 Å². The Hall–Kier alpha value is -2.12. The Morgan fingerprint density at radius 1 is 1.45 bits per heavy atom. The van der Waals surface area contributed by atoms with Gasteiger partial charge in [0.15, 0.2) is 0 Å². The summed E-state index contributed by atoms with van der Waals surface area (Å²) in [5.41, 5.74) is 0. The number of carbonyl (C=O) groups excluding carboxylic acids is 1. The summed E-state index contributed by atoms with van der Waals surface area (Å²) in [7, 11) is 1.73. The van der Waals surface area contributed by atoms with Gasteiger partial charge in [0.05, 0.1) is 6.61 Å². The van der Waals surface area contributed by atoms with Crippen LogP contribution < -0.4 is 20.3 Å². The van der Waals surface area contributed by atoms with E-state index in [1.165, 1.54) is 0 Å². The number of aromatic nitrogens is 3. The second-order valence-corrected chi connectivity index (χ2v) is 4.50. The Labute approximate surface area is 118 Å². The Balaban J connectivity index is 2.27. The van der Waals surface area contributed by atoms with Gasteiger partial charge in [-0.3, -0.25) is 4.79 Å². The summed E-state index contributed by atoms with van der Waals surface area (Å²) in [5.74, 6) is 0.857. The van der Waals surface area contributed by atoms with Crippen LogP contribution >= 0.6 is 0 Å². The lowest BCUT2D eigenvalue weighted by Crippen LogP contribution is -2.54. The molecule has 1 aromatic rings. The van der Waals surface area contributed by atoms with Crippen molar-refractivity contribution < 1.29 is 9.53 Å². The molecule has 1 aromatic heterocycles. The third-order valence-electron chi connectivity index (χ3n) is 3.02. The number of rotatable bonds is 5. The van der Waals surface area contributed by atoms with Gasteiger partial charge in [-0.1, -0.05) is 6.92 Å². The highest BCUT2D eigenvalue weighted by Crippen LogP contribution is 2.18. The zero-order chi connectivity index (χ0) is 14.5. The van der Waals surface area contributed by atoms with E-state index in [1.54, 1.807) is 7.05 Å². The maximum Gasteiger partial charge on any atom is 0.323 e. The van der Waals surface area contributed by atoms with Crippen LogP contribution in [0.5, 0.6) is 6.01 Å². The molecule has 1 unspecified atom stereocenters. The molecule has 1 aliphatic rings. The molecule has 2 rings (SSSR count). The van der Waals surface area contributed by atoms with Gasteiger partial charge in [0.2, 0.25) is 17.8 Å². The van der Waals surface area contributed by atoms with Crippen molar-refractivity contribution in [2.24, 2.45) is 0 Å². The van der Waals surface area contributed by atoms with Crippen molar-refractivity contribution in [2.45, 2.75) is 26.3 Å². The molecule has 8 heteroatoms. The van der Waals surface area contributed by atoms with Crippen molar-refractivity contribution in [1.82, 2.24) is 20.3 Å². The smallest absolute Gasteiger partial charge is 0.323 e. The van der Waals surface area contributed by atoms with Gasteiger partial charge in [-0.15, -0.1) is 0 Å². The quantitative estimate of drug-likeness (QED) is 0.786. The summed E-state index contributed by atoms with van der Waals surface area (Å²) < 4.78 is 5.46. The van der Waals surface area contributed by atoms with Crippen LogP contribution in [0.4, 0.5) is 11.9 Å². The van der Waals surface area contributed by atoms with E-state index in [2.05, 4.69) is 25.6 Å². The summed E-state index contributed by atoms with van der Waals surface area (Å²) >= 11 is 0. The average Bonchev–Trinajstić information content (AvgIpc) is 2.47. The number of nitrogens with zero attached hydrogens (tertiary/aromatic N) is 4. The molecular formula is C12H20N6O2. The van der Waals surface area contributed by atoms with E-state index in [-0.39, 0.29) is 18.0 Å². The number of anilines is 2.